The monoisotopic (exact) mass is 177 g/mol. The average Bonchev–Trinajstić information content (AvgIpc) is 2.16. The largest absolute Gasteiger partial charge is 0.481 e. The number of hydrogen-bond donors (Lipinski definition) is 0. The normalized spacial score (nSPS) is 10.3. The molecular formula is C10H11NO2. The first kappa shape index (κ1) is 9.45. The molecule has 0 N–H and O–H groups in total. The van der Waals surface area contributed by atoms with Gasteiger partial charge in [0.2, 0.25) is 5.88 Å². The van der Waals surface area contributed by atoms with Crippen molar-refractivity contribution in [2.45, 2.75) is 6.92 Å². The van der Waals surface area contributed by atoms with Crippen molar-refractivity contribution in [2.24, 2.45) is 0 Å². The van der Waals surface area contributed by atoms with Crippen LogP contribution in [0.25, 0.3) is 6.08 Å². The molecule has 0 spiro atoms. The molecule has 3 nitrogen and oxygen atoms in total. The second-order valence-corrected chi connectivity index (χ2v) is 2.58. The fraction of sp³-hybridized carbons (Fsp3) is 0.200. The lowest BCUT2D eigenvalue weighted by molar-refractivity contribution is -0.104. The lowest BCUT2D eigenvalue weighted by Gasteiger charge is -2.02. The van der Waals surface area contributed by atoms with Crippen LogP contribution in [0.15, 0.2) is 18.3 Å². The molecule has 0 aromatic carbocycles. The van der Waals surface area contributed by atoms with Gasteiger partial charge in [0.25, 0.3) is 0 Å². The number of hydrogen-bond acceptors (Lipinski definition) is 3. The van der Waals surface area contributed by atoms with Crippen molar-refractivity contribution in [3.63, 3.8) is 0 Å². The fourth-order valence-corrected chi connectivity index (χ4v) is 0.970. The smallest absolute Gasteiger partial charge is 0.213 e. The van der Waals surface area contributed by atoms with E-state index in [9.17, 15) is 4.79 Å². The summed E-state index contributed by atoms with van der Waals surface area (Å²) < 4.78 is 4.95. The number of allylic oxidation sites excluding steroid dienone is 1. The Bertz CT molecular complexity index is 332. The van der Waals surface area contributed by atoms with E-state index in [1.54, 1.807) is 19.4 Å². The number of ether oxygens (including phenoxy) is 1. The lowest BCUT2D eigenvalue weighted by atomic mass is 10.1. The van der Waals surface area contributed by atoms with Gasteiger partial charge in [-0.25, -0.2) is 4.98 Å². The summed E-state index contributed by atoms with van der Waals surface area (Å²) in [6.45, 7) is 1.94. The number of nitrogens with zero attached hydrogens (tertiary/aromatic N) is 1. The Morgan fingerprint density at radius 3 is 2.85 bits per heavy atom. The van der Waals surface area contributed by atoms with Crippen LogP contribution in [0.1, 0.15) is 11.1 Å². The molecule has 0 saturated heterocycles. The molecule has 0 amide bonds. The van der Waals surface area contributed by atoms with Crippen molar-refractivity contribution in [3.8, 4) is 5.88 Å². The third-order valence-corrected chi connectivity index (χ3v) is 1.69. The fourth-order valence-electron chi connectivity index (χ4n) is 0.970. The van der Waals surface area contributed by atoms with Crippen LogP contribution in [0, 0.1) is 6.92 Å². The van der Waals surface area contributed by atoms with Gasteiger partial charge in [0, 0.05) is 12.3 Å². The Kier molecular flexibility index (Phi) is 3.20. The summed E-state index contributed by atoms with van der Waals surface area (Å²) in [4.78, 5) is 14.1. The van der Waals surface area contributed by atoms with Gasteiger partial charge in [-0.2, -0.15) is 0 Å². The summed E-state index contributed by atoms with van der Waals surface area (Å²) in [5.41, 5.74) is 1.96. The summed E-state index contributed by atoms with van der Waals surface area (Å²) >= 11 is 0. The maximum Gasteiger partial charge on any atom is 0.213 e. The number of aromatic nitrogens is 1. The predicted molar refractivity (Wildman–Crippen MR) is 50.6 cm³/mol. The number of pyridine rings is 1. The van der Waals surface area contributed by atoms with E-state index in [1.807, 2.05) is 13.0 Å². The van der Waals surface area contributed by atoms with E-state index in [0.717, 1.165) is 17.4 Å². The zero-order valence-electron chi connectivity index (χ0n) is 7.65. The predicted octanol–water partition coefficient (Wildman–Crippen LogP) is 1.61. The molecule has 0 saturated carbocycles. The van der Waals surface area contributed by atoms with E-state index in [2.05, 4.69) is 4.98 Å². The van der Waals surface area contributed by atoms with Crippen LogP contribution in [-0.2, 0) is 4.79 Å². The minimum atomic E-state index is 0.584. The molecule has 1 aromatic rings. The van der Waals surface area contributed by atoms with Gasteiger partial charge in [-0.1, -0.05) is 0 Å². The first-order chi connectivity index (χ1) is 6.27. The number of carbonyl (C=O) groups excluding carboxylic acids is 1. The van der Waals surface area contributed by atoms with Gasteiger partial charge in [-0.15, -0.1) is 0 Å². The van der Waals surface area contributed by atoms with Gasteiger partial charge >= 0.3 is 0 Å². The van der Waals surface area contributed by atoms with Crippen LogP contribution in [0.5, 0.6) is 5.88 Å². The molecule has 1 aromatic heterocycles. The molecule has 1 rings (SSSR count). The standard InChI is InChI=1S/C10H11NO2/c1-8-6-10(13-2)11-7-9(8)4-3-5-12/h3-7H,1-2H3/b4-3+. The molecule has 0 aliphatic carbocycles. The first-order valence-electron chi connectivity index (χ1n) is 3.90. The molecule has 68 valence electrons. The quantitative estimate of drug-likeness (QED) is 0.520. The molecule has 3 heteroatoms. The van der Waals surface area contributed by atoms with Crippen molar-refractivity contribution in [1.82, 2.24) is 4.98 Å². The number of carbonyl (C=O) groups is 1. The highest BCUT2D eigenvalue weighted by Crippen LogP contribution is 2.13. The van der Waals surface area contributed by atoms with Crippen LogP contribution in [-0.4, -0.2) is 18.4 Å². The topological polar surface area (TPSA) is 39.2 Å². The third-order valence-electron chi connectivity index (χ3n) is 1.69. The first-order valence-corrected chi connectivity index (χ1v) is 3.90. The zero-order chi connectivity index (χ0) is 9.68. The highest BCUT2D eigenvalue weighted by Gasteiger charge is 1.97. The molecule has 1 heterocycles. The summed E-state index contributed by atoms with van der Waals surface area (Å²) in [6.07, 6.45) is 5.57. The van der Waals surface area contributed by atoms with Gasteiger partial charge in [-0.05, 0) is 30.2 Å². The van der Waals surface area contributed by atoms with E-state index in [-0.39, 0.29) is 0 Å². The Labute approximate surface area is 77.1 Å². The number of aldehydes is 1. The Morgan fingerprint density at radius 2 is 2.31 bits per heavy atom. The van der Waals surface area contributed by atoms with Crippen LogP contribution >= 0.6 is 0 Å². The summed E-state index contributed by atoms with van der Waals surface area (Å²) in [5.74, 6) is 0.584. The molecule has 0 atom stereocenters. The minimum Gasteiger partial charge on any atom is -0.481 e. The zero-order valence-corrected chi connectivity index (χ0v) is 7.65. The van der Waals surface area contributed by atoms with E-state index < -0.39 is 0 Å². The van der Waals surface area contributed by atoms with Crippen LogP contribution in [0.2, 0.25) is 0 Å². The summed E-state index contributed by atoms with van der Waals surface area (Å²) in [6, 6.07) is 1.82. The Balaban J connectivity index is 2.98. The van der Waals surface area contributed by atoms with Crippen molar-refractivity contribution in [1.29, 1.82) is 0 Å². The third kappa shape index (κ3) is 2.40. The highest BCUT2D eigenvalue weighted by molar-refractivity contribution is 5.74. The van der Waals surface area contributed by atoms with E-state index in [0.29, 0.717) is 5.88 Å². The van der Waals surface area contributed by atoms with E-state index in [4.69, 9.17) is 4.74 Å². The number of aryl methyl sites for hydroxylation is 1. The van der Waals surface area contributed by atoms with Crippen LogP contribution in [0.3, 0.4) is 0 Å². The molecular weight excluding hydrogens is 166 g/mol. The highest BCUT2D eigenvalue weighted by atomic mass is 16.5. The maximum absolute atomic E-state index is 10.1. The molecule has 0 fully saturated rings. The maximum atomic E-state index is 10.1. The van der Waals surface area contributed by atoms with Crippen molar-refractivity contribution < 1.29 is 9.53 Å². The lowest BCUT2D eigenvalue weighted by Crippen LogP contribution is -1.90. The van der Waals surface area contributed by atoms with E-state index >= 15 is 0 Å². The van der Waals surface area contributed by atoms with E-state index in [1.165, 1.54) is 6.08 Å². The summed E-state index contributed by atoms with van der Waals surface area (Å²) in [5, 5.41) is 0. The molecule has 13 heavy (non-hydrogen) atoms. The van der Waals surface area contributed by atoms with Gasteiger partial charge in [0.15, 0.2) is 0 Å². The van der Waals surface area contributed by atoms with Crippen molar-refractivity contribution in [2.75, 3.05) is 7.11 Å². The van der Waals surface area contributed by atoms with Gasteiger partial charge in [-0.3, -0.25) is 4.79 Å². The summed E-state index contributed by atoms with van der Waals surface area (Å²) in [7, 11) is 1.57. The van der Waals surface area contributed by atoms with Gasteiger partial charge in [0.1, 0.15) is 6.29 Å². The van der Waals surface area contributed by atoms with Crippen LogP contribution < -0.4 is 4.74 Å². The van der Waals surface area contributed by atoms with Gasteiger partial charge in [0.05, 0.1) is 7.11 Å². The Hall–Kier alpha value is -1.64. The molecule has 0 unspecified atom stereocenters. The van der Waals surface area contributed by atoms with Crippen molar-refractivity contribution >= 4 is 12.4 Å². The molecule has 0 bridgehead atoms. The molecule has 0 aliphatic rings. The second-order valence-electron chi connectivity index (χ2n) is 2.58. The molecule has 0 radical (unpaired) electrons. The number of methoxy groups -OCH3 is 1. The SMILES string of the molecule is COc1cc(C)c(/C=C/C=O)cn1. The van der Waals surface area contributed by atoms with Crippen molar-refractivity contribution in [3.05, 3.63) is 29.5 Å². The number of rotatable bonds is 3. The second kappa shape index (κ2) is 4.40. The minimum absolute atomic E-state index is 0.584. The molecule has 0 aliphatic heterocycles. The average molecular weight is 177 g/mol. The van der Waals surface area contributed by atoms with Crippen LogP contribution in [0.4, 0.5) is 0 Å². The van der Waals surface area contributed by atoms with Gasteiger partial charge < -0.3 is 4.74 Å². The Morgan fingerprint density at radius 1 is 1.54 bits per heavy atom.